The summed E-state index contributed by atoms with van der Waals surface area (Å²) in [5, 5.41) is 0.895. The van der Waals surface area contributed by atoms with Crippen molar-refractivity contribution in [2.24, 2.45) is 0 Å². The van der Waals surface area contributed by atoms with E-state index in [1.807, 2.05) is 0 Å². The molecular formula is C12H12Cl2FNO2. The summed E-state index contributed by atoms with van der Waals surface area (Å²) in [6.45, 7) is 1.70. The Morgan fingerprint density at radius 1 is 1.39 bits per heavy atom. The van der Waals surface area contributed by atoms with Gasteiger partial charge in [0.1, 0.15) is 0 Å². The molecule has 1 amide bonds. The summed E-state index contributed by atoms with van der Waals surface area (Å²) in [4.78, 5) is 16.3. The molecule has 0 fully saturated rings. The highest BCUT2D eigenvalue weighted by atomic mass is 35.5. The van der Waals surface area contributed by atoms with E-state index in [2.05, 4.69) is 0 Å². The maximum atomic E-state index is 13.2. The SMILES string of the molecule is CON(C)C(=O)/C=C(\C)c1cc(Cl)c(F)c(Cl)c1. The van der Waals surface area contributed by atoms with E-state index in [1.165, 1.54) is 32.4 Å². The normalized spacial score (nSPS) is 11.6. The average molecular weight is 292 g/mol. The van der Waals surface area contributed by atoms with Gasteiger partial charge in [-0.3, -0.25) is 9.63 Å². The summed E-state index contributed by atoms with van der Waals surface area (Å²) in [5.74, 6) is -1.01. The van der Waals surface area contributed by atoms with Gasteiger partial charge in [-0.1, -0.05) is 23.2 Å². The van der Waals surface area contributed by atoms with Crippen LogP contribution in [0.1, 0.15) is 12.5 Å². The van der Waals surface area contributed by atoms with Gasteiger partial charge in [0.2, 0.25) is 0 Å². The molecule has 0 atom stereocenters. The second kappa shape index (κ2) is 6.18. The number of nitrogens with zero attached hydrogens (tertiary/aromatic N) is 1. The number of carbonyl (C=O) groups excluding carboxylic acids is 1. The van der Waals surface area contributed by atoms with Crippen molar-refractivity contribution in [3.05, 3.63) is 39.6 Å². The minimum Gasteiger partial charge on any atom is -0.274 e. The summed E-state index contributed by atoms with van der Waals surface area (Å²) in [7, 11) is 2.86. The second-order valence-electron chi connectivity index (χ2n) is 3.60. The molecule has 0 saturated carbocycles. The zero-order chi connectivity index (χ0) is 13.9. The van der Waals surface area contributed by atoms with E-state index in [0.717, 1.165) is 5.06 Å². The van der Waals surface area contributed by atoms with Crippen molar-refractivity contribution in [2.45, 2.75) is 6.92 Å². The molecule has 1 aromatic rings. The molecule has 0 saturated heterocycles. The number of rotatable bonds is 3. The van der Waals surface area contributed by atoms with Crippen LogP contribution in [0.2, 0.25) is 10.0 Å². The lowest BCUT2D eigenvalue weighted by Crippen LogP contribution is -2.23. The van der Waals surface area contributed by atoms with Crippen LogP contribution >= 0.6 is 23.2 Å². The molecule has 0 heterocycles. The minimum absolute atomic E-state index is 0.0854. The molecular weight excluding hydrogens is 280 g/mol. The van der Waals surface area contributed by atoms with Gasteiger partial charge < -0.3 is 0 Å². The van der Waals surface area contributed by atoms with E-state index in [9.17, 15) is 9.18 Å². The van der Waals surface area contributed by atoms with Gasteiger partial charge >= 0.3 is 0 Å². The molecule has 1 aromatic carbocycles. The molecule has 0 radical (unpaired) electrons. The Kier molecular flexibility index (Phi) is 5.14. The standard InChI is InChI=1S/C12H12Cl2FNO2/c1-7(4-11(17)16(2)18-3)8-5-9(13)12(15)10(14)6-8/h4-6H,1-3H3/b7-4+. The minimum atomic E-state index is -0.671. The fraction of sp³-hybridized carbons (Fsp3) is 0.250. The molecule has 0 spiro atoms. The Balaban J connectivity index is 3.08. The van der Waals surface area contributed by atoms with Crippen molar-refractivity contribution < 1.29 is 14.0 Å². The van der Waals surface area contributed by atoms with Crippen molar-refractivity contribution in [2.75, 3.05) is 14.2 Å². The predicted molar refractivity (Wildman–Crippen MR) is 69.9 cm³/mol. The number of carbonyl (C=O) groups is 1. The summed E-state index contributed by atoms with van der Waals surface area (Å²) in [6, 6.07) is 2.82. The lowest BCUT2D eigenvalue weighted by molar-refractivity contribution is -0.162. The highest BCUT2D eigenvalue weighted by molar-refractivity contribution is 6.35. The molecule has 0 bridgehead atoms. The van der Waals surface area contributed by atoms with E-state index in [1.54, 1.807) is 6.92 Å². The fourth-order valence-electron chi connectivity index (χ4n) is 1.23. The quantitative estimate of drug-likeness (QED) is 0.484. The number of amides is 1. The number of hydrogen-bond donors (Lipinski definition) is 0. The van der Waals surface area contributed by atoms with Crippen molar-refractivity contribution >= 4 is 34.7 Å². The van der Waals surface area contributed by atoms with Crippen molar-refractivity contribution in [3.8, 4) is 0 Å². The van der Waals surface area contributed by atoms with Crippen molar-refractivity contribution in [3.63, 3.8) is 0 Å². The van der Waals surface area contributed by atoms with Crippen LogP contribution in [0.5, 0.6) is 0 Å². The third-order valence-electron chi connectivity index (χ3n) is 2.36. The zero-order valence-corrected chi connectivity index (χ0v) is 11.6. The van der Waals surface area contributed by atoms with E-state index in [-0.39, 0.29) is 16.0 Å². The average Bonchev–Trinajstić information content (AvgIpc) is 2.33. The first-order valence-electron chi connectivity index (χ1n) is 5.01. The molecule has 0 unspecified atom stereocenters. The largest absolute Gasteiger partial charge is 0.274 e. The van der Waals surface area contributed by atoms with Crippen molar-refractivity contribution in [1.82, 2.24) is 5.06 Å². The molecule has 0 aliphatic carbocycles. The summed E-state index contributed by atoms with van der Waals surface area (Å²) in [6.07, 6.45) is 1.35. The monoisotopic (exact) mass is 291 g/mol. The highest BCUT2D eigenvalue weighted by Crippen LogP contribution is 2.28. The smallest absolute Gasteiger partial charge is 0.270 e. The van der Waals surface area contributed by atoms with Gasteiger partial charge in [0.05, 0.1) is 17.2 Å². The predicted octanol–water partition coefficient (Wildman–Crippen LogP) is 3.56. The summed E-state index contributed by atoms with van der Waals surface area (Å²) in [5.41, 5.74) is 1.18. The Bertz CT molecular complexity index is 480. The van der Waals surface area contributed by atoms with Gasteiger partial charge in [0.15, 0.2) is 5.82 Å². The van der Waals surface area contributed by atoms with Crippen LogP contribution in [-0.2, 0) is 9.63 Å². The van der Waals surface area contributed by atoms with Crippen LogP contribution in [0.3, 0.4) is 0 Å². The zero-order valence-electron chi connectivity index (χ0n) is 10.1. The Morgan fingerprint density at radius 3 is 2.33 bits per heavy atom. The van der Waals surface area contributed by atoms with Crippen LogP contribution in [0, 0.1) is 5.82 Å². The molecule has 1 rings (SSSR count). The Hall–Kier alpha value is -1.10. The number of halogens is 3. The van der Waals surface area contributed by atoms with E-state index < -0.39 is 5.82 Å². The number of benzene rings is 1. The highest BCUT2D eigenvalue weighted by Gasteiger charge is 2.10. The first kappa shape index (κ1) is 15.0. The first-order chi connectivity index (χ1) is 8.36. The van der Waals surface area contributed by atoms with Crippen LogP contribution < -0.4 is 0 Å². The number of likely N-dealkylation sites (N-methyl/N-ethyl adjacent to an activating group) is 1. The molecule has 0 N–H and O–H groups in total. The summed E-state index contributed by atoms with van der Waals surface area (Å²) >= 11 is 11.4. The van der Waals surface area contributed by atoms with Crippen LogP contribution in [0.4, 0.5) is 4.39 Å². The molecule has 0 aliphatic rings. The van der Waals surface area contributed by atoms with E-state index >= 15 is 0 Å². The van der Waals surface area contributed by atoms with Gasteiger partial charge in [0, 0.05) is 13.1 Å². The second-order valence-corrected chi connectivity index (χ2v) is 4.41. The maximum Gasteiger partial charge on any atom is 0.270 e. The number of hydroxylamine groups is 2. The van der Waals surface area contributed by atoms with Crippen LogP contribution in [-0.4, -0.2) is 25.1 Å². The lowest BCUT2D eigenvalue weighted by atomic mass is 10.1. The molecule has 0 aromatic heterocycles. The third-order valence-corrected chi connectivity index (χ3v) is 2.91. The van der Waals surface area contributed by atoms with Crippen LogP contribution in [0.15, 0.2) is 18.2 Å². The van der Waals surface area contributed by atoms with Gasteiger partial charge in [-0.25, -0.2) is 9.45 Å². The Labute approximate surface area is 115 Å². The number of allylic oxidation sites excluding steroid dienone is 1. The fourth-order valence-corrected chi connectivity index (χ4v) is 1.72. The van der Waals surface area contributed by atoms with Gasteiger partial charge in [0.25, 0.3) is 5.91 Å². The van der Waals surface area contributed by atoms with Crippen molar-refractivity contribution in [1.29, 1.82) is 0 Å². The summed E-state index contributed by atoms with van der Waals surface area (Å²) < 4.78 is 13.2. The van der Waals surface area contributed by atoms with E-state index in [0.29, 0.717) is 11.1 Å². The van der Waals surface area contributed by atoms with Gasteiger partial charge in [-0.2, -0.15) is 0 Å². The maximum absolute atomic E-state index is 13.2. The Morgan fingerprint density at radius 2 is 1.89 bits per heavy atom. The molecule has 18 heavy (non-hydrogen) atoms. The molecule has 0 aliphatic heterocycles. The van der Waals surface area contributed by atoms with Crippen LogP contribution in [0.25, 0.3) is 5.57 Å². The lowest BCUT2D eigenvalue weighted by Gasteiger charge is -2.12. The third kappa shape index (κ3) is 3.45. The first-order valence-corrected chi connectivity index (χ1v) is 5.77. The molecule has 98 valence electrons. The van der Waals surface area contributed by atoms with E-state index in [4.69, 9.17) is 28.0 Å². The van der Waals surface area contributed by atoms with Gasteiger partial charge in [-0.15, -0.1) is 0 Å². The molecule has 3 nitrogen and oxygen atoms in total. The van der Waals surface area contributed by atoms with Gasteiger partial charge in [-0.05, 0) is 30.2 Å². The number of hydrogen-bond acceptors (Lipinski definition) is 2. The topological polar surface area (TPSA) is 29.5 Å². The molecule has 6 heteroatoms.